The van der Waals surface area contributed by atoms with Crippen molar-refractivity contribution in [2.45, 2.75) is 12.4 Å². The number of carbonyl (C=O) groups excluding carboxylic acids is 1. The van der Waals surface area contributed by atoms with Gasteiger partial charge in [0, 0.05) is 11.6 Å². The van der Waals surface area contributed by atoms with Gasteiger partial charge in [-0.2, -0.15) is 0 Å². The van der Waals surface area contributed by atoms with Gasteiger partial charge in [0.2, 0.25) is 0 Å². The molecule has 1 atom stereocenters. The van der Waals surface area contributed by atoms with Crippen LogP contribution in [-0.4, -0.2) is 26.6 Å². The van der Waals surface area contributed by atoms with Crippen LogP contribution in [0.25, 0.3) is 0 Å². The van der Waals surface area contributed by atoms with Crippen LogP contribution in [0.1, 0.15) is 11.6 Å². The highest BCUT2D eigenvalue weighted by Gasteiger charge is 2.31. The van der Waals surface area contributed by atoms with Crippen molar-refractivity contribution in [2.75, 3.05) is 14.2 Å². The van der Waals surface area contributed by atoms with Crippen molar-refractivity contribution in [3.63, 3.8) is 0 Å². The van der Waals surface area contributed by atoms with E-state index in [4.69, 9.17) is 10.5 Å². The van der Waals surface area contributed by atoms with Gasteiger partial charge in [-0.15, -0.1) is 25.6 Å². The molecule has 5 nitrogen and oxygen atoms in total. The molecule has 0 aliphatic heterocycles. The number of esters is 1. The number of alkyl halides is 3. The number of halogens is 4. The summed E-state index contributed by atoms with van der Waals surface area (Å²) in [5, 5.41) is 0. The molecule has 0 heterocycles. The predicted molar refractivity (Wildman–Crippen MR) is 65.9 cm³/mol. The van der Waals surface area contributed by atoms with E-state index in [1.165, 1.54) is 13.2 Å². The van der Waals surface area contributed by atoms with E-state index >= 15 is 0 Å². The van der Waals surface area contributed by atoms with E-state index in [9.17, 15) is 18.0 Å². The zero-order chi connectivity index (χ0) is 14.6. The Morgan fingerprint density at radius 3 is 2.35 bits per heavy atom. The number of methoxy groups -OCH3 is 2. The van der Waals surface area contributed by atoms with E-state index in [2.05, 4.69) is 9.47 Å². The second-order valence-electron chi connectivity index (χ2n) is 3.45. The van der Waals surface area contributed by atoms with Crippen molar-refractivity contribution in [3.8, 4) is 11.5 Å². The lowest BCUT2D eigenvalue weighted by Gasteiger charge is -2.15. The summed E-state index contributed by atoms with van der Waals surface area (Å²) < 4.78 is 49.2. The van der Waals surface area contributed by atoms with Crippen LogP contribution in [0.4, 0.5) is 13.2 Å². The number of rotatable bonds is 4. The summed E-state index contributed by atoms with van der Waals surface area (Å²) in [5.74, 6) is -1.20. The quantitative estimate of drug-likeness (QED) is 0.862. The normalized spacial score (nSPS) is 12.1. The predicted octanol–water partition coefficient (Wildman–Crippen LogP) is 2.19. The largest absolute Gasteiger partial charge is 0.573 e. The number of ether oxygens (including phenoxy) is 3. The van der Waals surface area contributed by atoms with E-state index in [1.54, 1.807) is 0 Å². The Kier molecular flexibility index (Phi) is 6.60. The Morgan fingerprint density at radius 1 is 1.30 bits per heavy atom. The smallest absolute Gasteiger partial charge is 0.496 e. The van der Waals surface area contributed by atoms with Gasteiger partial charge in [-0.25, -0.2) is 0 Å². The molecule has 0 radical (unpaired) electrons. The Hall–Kier alpha value is -1.67. The van der Waals surface area contributed by atoms with Crippen molar-refractivity contribution in [1.82, 2.24) is 0 Å². The molecule has 0 spiro atoms. The van der Waals surface area contributed by atoms with E-state index < -0.39 is 24.1 Å². The Bertz CT molecular complexity index is 467. The Morgan fingerprint density at radius 2 is 1.90 bits per heavy atom. The van der Waals surface area contributed by atoms with Gasteiger partial charge in [0.25, 0.3) is 0 Å². The molecule has 0 aliphatic carbocycles. The molecule has 0 bridgehead atoms. The highest BCUT2D eigenvalue weighted by molar-refractivity contribution is 5.85. The first-order chi connectivity index (χ1) is 8.78. The van der Waals surface area contributed by atoms with Gasteiger partial charge >= 0.3 is 12.3 Å². The maximum Gasteiger partial charge on any atom is 0.573 e. The summed E-state index contributed by atoms with van der Waals surface area (Å²) in [5.41, 5.74) is 5.78. The zero-order valence-electron chi connectivity index (χ0n) is 10.6. The SMILES string of the molecule is COC(=O)[C@H](N)c1ccc(OC(F)(F)F)cc1OC.Cl. The van der Waals surface area contributed by atoms with Crippen LogP contribution < -0.4 is 15.2 Å². The van der Waals surface area contributed by atoms with Gasteiger partial charge in [0.15, 0.2) is 0 Å². The molecule has 0 unspecified atom stereocenters. The van der Waals surface area contributed by atoms with Gasteiger partial charge in [0.1, 0.15) is 17.5 Å². The summed E-state index contributed by atoms with van der Waals surface area (Å²) in [6.45, 7) is 0. The maximum atomic E-state index is 12.1. The third kappa shape index (κ3) is 4.78. The second kappa shape index (κ2) is 7.20. The monoisotopic (exact) mass is 315 g/mol. The molecule has 1 aromatic rings. The van der Waals surface area contributed by atoms with Crippen LogP contribution >= 0.6 is 12.4 Å². The molecule has 0 amide bonds. The van der Waals surface area contributed by atoms with Crippen LogP contribution in [0.3, 0.4) is 0 Å². The van der Waals surface area contributed by atoms with Crippen LogP contribution in [0, 0.1) is 0 Å². The van der Waals surface area contributed by atoms with Crippen LogP contribution in [-0.2, 0) is 9.53 Å². The highest BCUT2D eigenvalue weighted by Crippen LogP contribution is 2.31. The van der Waals surface area contributed by atoms with Gasteiger partial charge < -0.3 is 19.9 Å². The highest BCUT2D eigenvalue weighted by atomic mass is 35.5. The van der Waals surface area contributed by atoms with E-state index in [0.29, 0.717) is 0 Å². The minimum Gasteiger partial charge on any atom is -0.496 e. The lowest BCUT2D eigenvalue weighted by molar-refractivity contribution is -0.274. The van der Waals surface area contributed by atoms with Crippen molar-refractivity contribution in [3.05, 3.63) is 23.8 Å². The lowest BCUT2D eigenvalue weighted by Crippen LogP contribution is -2.23. The molecule has 114 valence electrons. The van der Waals surface area contributed by atoms with Gasteiger partial charge in [-0.3, -0.25) is 4.79 Å². The zero-order valence-corrected chi connectivity index (χ0v) is 11.4. The molecule has 0 aliphatic rings. The molecule has 0 aromatic heterocycles. The fraction of sp³-hybridized carbons (Fsp3) is 0.364. The number of carbonyl (C=O) groups is 1. The van der Waals surface area contributed by atoms with Crippen molar-refractivity contribution in [1.29, 1.82) is 0 Å². The van der Waals surface area contributed by atoms with E-state index in [1.807, 2.05) is 0 Å². The molecule has 0 saturated carbocycles. The molecule has 0 fully saturated rings. The molecule has 1 aromatic carbocycles. The summed E-state index contributed by atoms with van der Waals surface area (Å²) in [6.07, 6.45) is -4.81. The van der Waals surface area contributed by atoms with Gasteiger partial charge in [-0.1, -0.05) is 0 Å². The Balaban J connectivity index is 0.00000361. The van der Waals surface area contributed by atoms with Crippen LogP contribution in [0.5, 0.6) is 11.5 Å². The number of hydrogen-bond donors (Lipinski definition) is 1. The molecule has 9 heteroatoms. The number of hydrogen-bond acceptors (Lipinski definition) is 5. The second-order valence-corrected chi connectivity index (χ2v) is 3.45. The lowest BCUT2D eigenvalue weighted by atomic mass is 10.1. The summed E-state index contributed by atoms with van der Waals surface area (Å²) in [7, 11) is 2.38. The fourth-order valence-electron chi connectivity index (χ4n) is 1.40. The minimum absolute atomic E-state index is 0. The molecular weight excluding hydrogens is 303 g/mol. The third-order valence-corrected chi connectivity index (χ3v) is 2.23. The molecule has 2 N–H and O–H groups in total. The topological polar surface area (TPSA) is 70.8 Å². The summed E-state index contributed by atoms with van der Waals surface area (Å²) in [6, 6.07) is 2.08. The first kappa shape index (κ1) is 18.3. The molecule has 20 heavy (non-hydrogen) atoms. The Labute approximate surface area is 119 Å². The fourth-order valence-corrected chi connectivity index (χ4v) is 1.40. The maximum absolute atomic E-state index is 12.1. The minimum atomic E-state index is -4.81. The first-order valence-corrected chi connectivity index (χ1v) is 5.05. The van der Waals surface area contributed by atoms with Gasteiger partial charge in [-0.05, 0) is 12.1 Å². The van der Waals surface area contributed by atoms with Crippen molar-refractivity contribution >= 4 is 18.4 Å². The average molecular weight is 316 g/mol. The molecule has 1 rings (SSSR count). The summed E-state index contributed by atoms with van der Waals surface area (Å²) in [4.78, 5) is 11.3. The van der Waals surface area contributed by atoms with Crippen LogP contribution in [0.15, 0.2) is 18.2 Å². The third-order valence-electron chi connectivity index (χ3n) is 2.23. The molecule has 0 saturated heterocycles. The van der Waals surface area contributed by atoms with E-state index in [-0.39, 0.29) is 23.7 Å². The summed E-state index contributed by atoms with van der Waals surface area (Å²) >= 11 is 0. The van der Waals surface area contributed by atoms with Crippen molar-refractivity contribution in [2.24, 2.45) is 5.73 Å². The van der Waals surface area contributed by atoms with Crippen molar-refractivity contribution < 1.29 is 32.2 Å². The number of benzene rings is 1. The average Bonchev–Trinajstić information content (AvgIpc) is 2.34. The first-order valence-electron chi connectivity index (χ1n) is 5.05. The standard InChI is InChI=1S/C11H12F3NO4.ClH/c1-17-8-5-6(19-11(12,13)14)3-4-7(8)9(15)10(16)18-2;/h3-5,9H,15H2,1-2H3;1H/t9-;/m1./s1. The van der Waals surface area contributed by atoms with Crippen LogP contribution in [0.2, 0.25) is 0 Å². The molecular formula is C11H13ClF3NO4. The number of nitrogens with two attached hydrogens (primary N) is 1. The van der Waals surface area contributed by atoms with E-state index in [0.717, 1.165) is 19.2 Å². The van der Waals surface area contributed by atoms with Gasteiger partial charge in [0.05, 0.1) is 14.2 Å².